The predicted molar refractivity (Wildman–Crippen MR) is 62.1 cm³/mol. The average Bonchev–Trinajstić information content (AvgIpc) is 2.86. The Morgan fingerprint density at radius 2 is 2.21 bits per heavy atom. The fourth-order valence-electron chi connectivity index (χ4n) is 1.47. The van der Waals surface area contributed by atoms with E-state index in [1.807, 2.05) is 0 Å². The Morgan fingerprint density at radius 1 is 1.42 bits per heavy atom. The molecule has 98 valence electrons. The van der Waals surface area contributed by atoms with Crippen molar-refractivity contribution in [1.29, 1.82) is 0 Å². The van der Waals surface area contributed by atoms with E-state index in [4.69, 9.17) is 0 Å². The summed E-state index contributed by atoms with van der Waals surface area (Å²) < 4.78 is 18.6. The number of rotatable bonds is 4. The van der Waals surface area contributed by atoms with Crippen molar-refractivity contribution in [2.45, 2.75) is 6.54 Å². The molecule has 19 heavy (non-hydrogen) atoms. The van der Waals surface area contributed by atoms with Crippen LogP contribution in [-0.2, 0) is 11.3 Å². The van der Waals surface area contributed by atoms with Crippen molar-refractivity contribution in [1.82, 2.24) is 15.0 Å². The molecule has 1 aromatic heterocycles. The van der Waals surface area contributed by atoms with Crippen molar-refractivity contribution < 1.29 is 18.7 Å². The van der Waals surface area contributed by atoms with E-state index in [0.717, 1.165) is 6.07 Å². The minimum absolute atomic E-state index is 0.00884. The van der Waals surface area contributed by atoms with E-state index in [2.05, 4.69) is 15.0 Å². The van der Waals surface area contributed by atoms with Crippen molar-refractivity contribution in [2.75, 3.05) is 7.11 Å². The van der Waals surface area contributed by atoms with Gasteiger partial charge in [0.25, 0.3) is 0 Å². The fraction of sp³-hybridized carbons (Fsp3) is 0.167. The monoisotopic (exact) mass is 263 g/mol. The number of Topliss-reactive ketones (excluding diaryl/α,β-unsaturated/α-hetero) is 1. The number of ketones is 1. The Kier molecular flexibility index (Phi) is 3.65. The molecule has 0 saturated heterocycles. The summed E-state index contributed by atoms with van der Waals surface area (Å²) in [6.45, 7) is -0.132. The second-order valence-electron chi connectivity index (χ2n) is 3.73. The largest absolute Gasteiger partial charge is 0.464 e. The first kappa shape index (κ1) is 12.9. The lowest BCUT2D eigenvalue weighted by Crippen LogP contribution is -2.11. The topological polar surface area (TPSA) is 74.1 Å². The van der Waals surface area contributed by atoms with Crippen molar-refractivity contribution >= 4 is 11.8 Å². The van der Waals surface area contributed by atoms with Crippen LogP contribution in [-0.4, -0.2) is 33.9 Å². The third-order valence-electron chi connectivity index (χ3n) is 2.39. The molecule has 2 aromatic rings. The Balaban J connectivity index is 2.11. The van der Waals surface area contributed by atoms with E-state index in [0.29, 0.717) is 0 Å². The van der Waals surface area contributed by atoms with Gasteiger partial charge in [-0.3, -0.25) is 4.79 Å². The number of methoxy groups -OCH3 is 1. The highest BCUT2D eigenvalue weighted by molar-refractivity contribution is 5.95. The highest BCUT2D eigenvalue weighted by Gasteiger charge is 2.13. The van der Waals surface area contributed by atoms with Crippen LogP contribution < -0.4 is 0 Å². The molecule has 0 aliphatic carbocycles. The molecule has 1 aromatic carbocycles. The van der Waals surface area contributed by atoms with E-state index in [9.17, 15) is 14.0 Å². The quantitative estimate of drug-likeness (QED) is 0.609. The van der Waals surface area contributed by atoms with Gasteiger partial charge in [-0.05, 0) is 12.1 Å². The molecule has 0 aliphatic rings. The maximum absolute atomic E-state index is 13.0. The van der Waals surface area contributed by atoms with E-state index in [1.165, 1.54) is 36.2 Å². The van der Waals surface area contributed by atoms with Gasteiger partial charge in [0.15, 0.2) is 11.5 Å². The van der Waals surface area contributed by atoms with Crippen LogP contribution in [0.1, 0.15) is 20.8 Å². The number of carbonyl (C=O) groups is 2. The molecule has 0 N–H and O–H groups in total. The molecule has 0 saturated carbocycles. The standard InChI is InChI=1S/C12H10FN3O3/c1-19-12(18)10-6-16(15-14-10)7-11(17)8-3-2-4-9(13)5-8/h2-6H,7H2,1H3. The number of benzene rings is 1. The van der Waals surface area contributed by atoms with E-state index < -0.39 is 11.8 Å². The van der Waals surface area contributed by atoms with Crippen molar-refractivity contribution in [2.24, 2.45) is 0 Å². The molecule has 0 bridgehead atoms. The van der Waals surface area contributed by atoms with Gasteiger partial charge in [-0.25, -0.2) is 13.9 Å². The molecule has 0 radical (unpaired) electrons. The zero-order valence-corrected chi connectivity index (χ0v) is 10.0. The molecule has 0 unspecified atom stereocenters. The maximum Gasteiger partial charge on any atom is 0.360 e. The zero-order chi connectivity index (χ0) is 13.8. The van der Waals surface area contributed by atoms with Crippen molar-refractivity contribution in [3.63, 3.8) is 0 Å². The second kappa shape index (κ2) is 5.38. The Bertz CT molecular complexity index is 624. The SMILES string of the molecule is COC(=O)c1cn(CC(=O)c2cccc(F)c2)nn1. The predicted octanol–water partition coefficient (Wildman–Crippen LogP) is 1.09. The van der Waals surface area contributed by atoms with Gasteiger partial charge in [0.1, 0.15) is 12.4 Å². The summed E-state index contributed by atoms with van der Waals surface area (Å²) in [5.74, 6) is -1.45. The summed E-state index contributed by atoms with van der Waals surface area (Å²) >= 11 is 0. The minimum Gasteiger partial charge on any atom is -0.464 e. The molecule has 7 heteroatoms. The van der Waals surface area contributed by atoms with Crippen LogP contribution in [0, 0.1) is 5.82 Å². The zero-order valence-electron chi connectivity index (χ0n) is 10.0. The van der Waals surface area contributed by atoms with Crippen molar-refractivity contribution in [3.8, 4) is 0 Å². The van der Waals surface area contributed by atoms with Crippen LogP contribution >= 0.6 is 0 Å². The molecule has 0 spiro atoms. The molecule has 2 rings (SSSR count). The lowest BCUT2D eigenvalue weighted by atomic mass is 10.1. The highest BCUT2D eigenvalue weighted by Crippen LogP contribution is 2.06. The molecule has 6 nitrogen and oxygen atoms in total. The molecule has 0 amide bonds. The summed E-state index contributed by atoms with van der Waals surface area (Å²) in [6, 6.07) is 5.34. The summed E-state index contributed by atoms with van der Waals surface area (Å²) in [5, 5.41) is 7.19. The number of hydrogen-bond donors (Lipinski definition) is 0. The van der Waals surface area contributed by atoms with E-state index >= 15 is 0 Å². The minimum atomic E-state index is -0.635. The molecular weight excluding hydrogens is 253 g/mol. The molecule has 0 fully saturated rings. The summed E-state index contributed by atoms with van der Waals surface area (Å²) in [4.78, 5) is 23.0. The Labute approximate surface area is 107 Å². The van der Waals surface area contributed by atoms with Gasteiger partial charge in [0.2, 0.25) is 0 Å². The van der Waals surface area contributed by atoms with Gasteiger partial charge in [0, 0.05) is 5.56 Å². The third-order valence-corrected chi connectivity index (χ3v) is 2.39. The first-order valence-corrected chi connectivity index (χ1v) is 5.37. The number of halogens is 1. The normalized spacial score (nSPS) is 10.2. The molecule has 0 atom stereocenters. The van der Waals surface area contributed by atoms with Gasteiger partial charge < -0.3 is 4.74 Å². The van der Waals surface area contributed by atoms with Gasteiger partial charge in [-0.1, -0.05) is 17.3 Å². The van der Waals surface area contributed by atoms with Crippen molar-refractivity contribution in [3.05, 3.63) is 47.5 Å². The van der Waals surface area contributed by atoms with Gasteiger partial charge in [-0.15, -0.1) is 5.10 Å². The van der Waals surface area contributed by atoms with Gasteiger partial charge in [0.05, 0.1) is 13.3 Å². The smallest absolute Gasteiger partial charge is 0.360 e. The van der Waals surface area contributed by atoms with Gasteiger partial charge in [-0.2, -0.15) is 0 Å². The van der Waals surface area contributed by atoms with Gasteiger partial charge >= 0.3 is 5.97 Å². The lowest BCUT2D eigenvalue weighted by Gasteiger charge is -2.00. The van der Waals surface area contributed by atoms with Crippen LogP contribution in [0.3, 0.4) is 0 Å². The van der Waals surface area contributed by atoms with E-state index in [-0.39, 0.29) is 23.6 Å². The number of hydrogen-bond acceptors (Lipinski definition) is 5. The maximum atomic E-state index is 13.0. The number of ether oxygens (including phenoxy) is 1. The Morgan fingerprint density at radius 3 is 2.89 bits per heavy atom. The number of esters is 1. The Hall–Kier alpha value is -2.57. The molecule has 1 heterocycles. The number of aromatic nitrogens is 3. The van der Waals surface area contributed by atoms with Crippen LogP contribution in [0.2, 0.25) is 0 Å². The molecular formula is C12H10FN3O3. The first-order valence-electron chi connectivity index (χ1n) is 5.37. The first-order chi connectivity index (χ1) is 9.10. The summed E-state index contributed by atoms with van der Waals surface area (Å²) in [7, 11) is 1.22. The summed E-state index contributed by atoms with van der Waals surface area (Å²) in [5.41, 5.74) is 0.240. The summed E-state index contributed by atoms with van der Waals surface area (Å²) in [6.07, 6.45) is 1.29. The van der Waals surface area contributed by atoms with Crippen LogP contribution in [0.15, 0.2) is 30.5 Å². The molecule has 0 aliphatic heterocycles. The third kappa shape index (κ3) is 3.01. The van der Waals surface area contributed by atoms with Crippen LogP contribution in [0.25, 0.3) is 0 Å². The second-order valence-corrected chi connectivity index (χ2v) is 3.73. The average molecular weight is 263 g/mol. The lowest BCUT2D eigenvalue weighted by molar-refractivity contribution is 0.0593. The van der Waals surface area contributed by atoms with Crippen LogP contribution in [0.4, 0.5) is 4.39 Å². The number of carbonyl (C=O) groups excluding carboxylic acids is 2. The van der Waals surface area contributed by atoms with Crippen LogP contribution in [0.5, 0.6) is 0 Å². The highest BCUT2D eigenvalue weighted by atomic mass is 19.1. The number of nitrogens with zero attached hydrogens (tertiary/aromatic N) is 3. The van der Waals surface area contributed by atoms with E-state index in [1.54, 1.807) is 0 Å². The fourth-order valence-corrected chi connectivity index (χ4v) is 1.47.